The first-order chi connectivity index (χ1) is 16.4. The van der Waals surface area contributed by atoms with Gasteiger partial charge < -0.3 is 21.4 Å². The molecule has 0 bridgehead atoms. The summed E-state index contributed by atoms with van der Waals surface area (Å²) in [5, 5.41) is 8.77. The van der Waals surface area contributed by atoms with Crippen LogP contribution in [0.2, 0.25) is 39.3 Å². The van der Waals surface area contributed by atoms with Crippen LogP contribution in [0.15, 0.2) is 48.1 Å². The van der Waals surface area contributed by atoms with E-state index in [-0.39, 0.29) is 24.8 Å². The molecule has 0 saturated heterocycles. The summed E-state index contributed by atoms with van der Waals surface area (Å²) in [7, 11) is -1.96. The molecule has 0 spiro atoms. The number of hydrogen-bond acceptors (Lipinski definition) is 4. The van der Waals surface area contributed by atoms with Gasteiger partial charge in [0.2, 0.25) is 0 Å². The molecule has 0 heterocycles. The standard InChI is InChI=1S/2C10H16O2.C6H19NSi2.C4H9.Li/c1-7(2)5-6-9(8(3)4)10(11)12;1-6-10(4,5)12-9(11)7-8(2)3;1-8(2,3)7-9(4,5)6;1-3-4-2;/h5,9H,3,6H2,1-2,4H3,(H,11,12);6-7H,1H2,2-5H3;7H,1-6H3;1,3-4H2,2H3;/q;;;-1;+1. The minimum atomic E-state index is -0.981. The number of carboxylic acids is 1. The molecule has 0 aromatic heterocycles. The molecule has 1 atom stereocenters. The fourth-order valence-electron chi connectivity index (χ4n) is 2.56. The van der Waals surface area contributed by atoms with Gasteiger partial charge in [0.1, 0.15) is 22.1 Å². The topological polar surface area (TPSA) is 75.6 Å². The Balaban J connectivity index is -0.000000133. The number of esters is 1. The van der Waals surface area contributed by atoms with Gasteiger partial charge in [-0.05, 0) is 61.0 Å². The van der Waals surface area contributed by atoms with Crippen molar-refractivity contribution < 1.29 is 38.3 Å². The van der Waals surface area contributed by atoms with Crippen LogP contribution in [-0.2, 0) is 14.3 Å². The van der Waals surface area contributed by atoms with E-state index in [1.807, 2.05) is 33.8 Å². The molecule has 0 aliphatic carbocycles. The van der Waals surface area contributed by atoms with Crippen LogP contribution < -0.4 is 23.5 Å². The minimum absolute atomic E-state index is 0. The molecule has 0 aliphatic rings. The predicted octanol–water partition coefficient (Wildman–Crippen LogP) is 5.95. The van der Waals surface area contributed by atoms with Crippen LogP contribution in [-0.4, -0.2) is 39.1 Å². The molecule has 0 rings (SSSR count). The van der Waals surface area contributed by atoms with Crippen molar-refractivity contribution in [3.63, 3.8) is 0 Å². The van der Waals surface area contributed by atoms with Crippen LogP contribution in [0.5, 0.6) is 0 Å². The van der Waals surface area contributed by atoms with Crippen LogP contribution in [0, 0.1) is 12.8 Å². The first-order valence-corrected chi connectivity index (χ1v) is 20.1. The Bertz CT molecular complexity index is 710. The minimum Gasteiger partial charge on any atom is -0.481 e. The van der Waals surface area contributed by atoms with Crippen molar-refractivity contribution in [2.75, 3.05) is 0 Å². The average Bonchev–Trinajstić information content (AvgIpc) is 2.64. The number of aliphatic carboxylic acids is 1. The molecule has 5 nitrogen and oxygen atoms in total. The summed E-state index contributed by atoms with van der Waals surface area (Å²) in [5.74, 6) is -1.54. The third-order valence-electron chi connectivity index (χ3n) is 4.02. The Morgan fingerprint density at radius 1 is 1.00 bits per heavy atom. The Morgan fingerprint density at radius 2 is 1.39 bits per heavy atom. The fraction of sp³-hybridized carbons (Fsp3) is 0.633. The van der Waals surface area contributed by atoms with Gasteiger partial charge in [0.15, 0.2) is 0 Å². The molecule has 0 fully saturated rings. The monoisotopic (exact) mass is 561 g/mol. The van der Waals surface area contributed by atoms with E-state index in [1.54, 1.807) is 26.8 Å². The molecule has 0 radical (unpaired) electrons. The second-order valence-corrected chi connectivity index (χ2v) is 22.2. The molecule has 218 valence electrons. The zero-order chi connectivity index (χ0) is 30.6. The van der Waals surface area contributed by atoms with Crippen LogP contribution in [0.4, 0.5) is 0 Å². The van der Waals surface area contributed by atoms with Gasteiger partial charge in [0.05, 0.1) is 5.92 Å². The summed E-state index contributed by atoms with van der Waals surface area (Å²) in [6, 6.07) is 0. The zero-order valence-electron chi connectivity index (χ0n) is 27.7. The number of unbranched alkanes of at least 4 members (excludes halogenated alkanes) is 1. The quantitative estimate of drug-likeness (QED) is 0.113. The van der Waals surface area contributed by atoms with Gasteiger partial charge in [-0.2, -0.15) is 6.42 Å². The summed E-state index contributed by atoms with van der Waals surface area (Å²) in [6.07, 6.45) is 7.81. The van der Waals surface area contributed by atoms with E-state index in [0.717, 1.165) is 17.6 Å². The van der Waals surface area contributed by atoms with Crippen molar-refractivity contribution in [3.05, 3.63) is 55.0 Å². The summed E-state index contributed by atoms with van der Waals surface area (Å²) < 4.78 is 8.80. The van der Waals surface area contributed by atoms with Crippen molar-refractivity contribution >= 4 is 28.4 Å². The zero-order valence-corrected chi connectivity index (χ0v) is 29.7. The second kappa shape index (κ2) is 23.8. The molecule has 0 aromatic rings. The third kappa shape index (κ3) is 42.0. The molecule has 0 aromatic carbocycles. The van der Waals surface area contributed by atoms with E-state index in [0.29, 0.717) is 12.0 Å². The van der Waals surface area contributed by atoms with E-state index < -0.39 is 34.0 Å². The Morgan fingerprint density at radius 3 is 1.58 bits per heavy atom. The molecule has 0 saturated carbocycles. The second-order valence-electron chi connectivity index (χ2n) is 12.2. The van der Waals surface area contributed by atoms with Crippen LogP contribution in [0.3, 0.4) is 0 Å². The molecule has 2 N–H and O–H groups in total. The van der Waals surface area contributed by atoms with Gasteiger partial charge in [-0.3, -0.25) is 4.79 Å². The van der Waals surface area contributed by atoms with Crippen molar-refractivity contribution in [1.82, 2.24) is 4.65 Å². The molecule has 1 unspecified atom stereocenters. The number of rotatable bonds is 10. The number of hydrogen-bond donors (Lipinski definition) is 2. The van der Waals surface area contributed by atoms with Crippen molar-refractivity contribution in [3.8, 4) is 0 Å². The van der Waals surface area contributed by atoms with Gasteiger partial charge in [-0.25, -0.2) is 4.79 Å². The van der Waals surface area contributed by atoms with Gasteiger partial charge in [0, 0.05) is 6.08 Å². The Labute approximate surface area is 251 Å². The van der Waals surface area contributed by atoms with Gasteiger partial charge >= 0.3 is 30.8 Å². The van der Waals surface area contributed by atoms with Crippen molar-refractivity contribution in [2.45, 2.75) is 120 Å². The van der Waals surface area contributed by atoms with Crippen LogP contribution in [0.25, 0.3) is 0 Å². The average molecular weight is 562 g/mol. The predicted molar refractivity (Wildman–Crippen MR) is 170 cm³/mol. The van der Waals surface area contributed by atoms with E-state index in [2.05, 4.69) is 70.9 Å². The summed E-state index contributed by atoms with van der Waals surface area (Å²) in [6.45, 7) is 40.0. The SMILES string of the molecule is C=C(C)C(CC=C(C)C)C(=O)O.C=CC(C)(C)OC(=O)C=C(C)C.C[Si](C)(C)N[Si](C)(C)C.[CH2-]CCC.[Li+]. The first kappa shape index (κ1) is 46.7. The summed E-state index contributed by atoms with van der Waals surface area (Å²) in [5.41, 5.74) is 2.20. The molecule has 0 aliphatic heterocycles. The van der Waals surface area contributed by atoms with Crippen LogP contribution in [0.1, 0.15) is 74.7 Å². The first-order valence-electron chi connectivity index (χ1n) is 13.1. The normalized spacial score (nSPS) is 11.1. The van der Waals surface area contributed by atoms with E-state index in [9.17, 15) is 9.59 Å². The number of carboxylic acid groups (broad SMARTS) is 1. The van der Waals surface area contributed by atoms with E-state index in [4.69, 9.17) is 9.84 Å². The molecular formula is C30H60LiNO4Si2. The summed E-state index contributed by atoms with van der Waals surface area (Å²) in [4.78, 5) is 21.7. The van der Waals surface area contributed by atoms with Gasteiger partial charge in [-0.15, -0.1) is 0 Å². The maximum atomic E-state index is 11.1. The van der Waals surface area contributed by atoms with Gasteiger partial charge in [-0.1, -0.05) is 88.6 Å². The number of carbonyl (C=O) groups excluding carboxylic acids is 1. The maximum Gasteiger partial charge on any atom is 1.00 e. The third-order valence-corrected chi connectivity index (χ3v) is 10.0. The summed E-state index contributed by atoms with van der Waals surface area (Å²) >= 11 is 0. The van der Waals surface area contributed by atoms with Gasteiger partial charge in [0.25, 0.3) is 0 Å². The smallest absolute Gasteiger partial charge is 0.481 e. The largest absolute Gasteiger partial charge is 1.00 e. The Hall–Kier alpha value is -1.11. The number of allylic oxidation sites excluding steroid dienone is 3. The number of carbonyl (C=O) groups is 2. The maximum absolute atomic E-state index is 11.1. The van der Waals surface area contributed by atoms with E-state index >= 15 is 0 Å². The fourth-order valence-corrected chi connectivity index (χ4v) is 11.6. The molecule has 8 heteroatoms. The van der Waals surface area contributed by atoms with Crippen LogP contribution >= 0.6 is 0 Å². The van der Waals surface area contributed by atoms with Crippen molar-refractivity contribution in [2.24, 2.45) is 5.92 Å². The van der Waals surface area contributed by atoms with Crippen molar-refractivity contribution in [1.29, 1.82) is 0 Å². The number of ether oxygens (including phenoxy) is 1. The Kier molecular flexibility index (Phi) is 29.2. The molecule has 38 heavy (non-hydrogen) atoms. The molecule has 0 amide bonds. The number of nitrogens with one attached hydrogen (secondary N) is 1. The molecular weight excluding hydrogens is 501 g/mol. The van der Waals surface area contributed by atoms with E-state index in [1.165, 1.54) is 12.5 Å².